The summed E-state index contributed by atoms with van der Waals surface area (Å²) in [5.74, 6) is 0.815. The molecule has 4 nitrogen and oxygen atoms in total. The van der Waals surface area contributed by atoms with Crippen molar-refractivity contribution in [2.45, 2.75) is 49.3 Å². The molecule has 108 valence electrons. The van der Waals surface area contributed by atoms with Gasteiger partial charge in [0, 0.05) is 18.0 Å². The van der Waals surface area contributed by atoms with Gasteiger partial charge in [-0.25, -0.2) is 13.1 Å². The molecule has 0 amide bonds. The first-order valence-electron chi connectivity index (χ1n) is 6.90. The van der Waals surface area contributed by atoms with Gasteiger partial charge in [-0.3, -0.25) is 0 Å². The predicted molar refractivity (Wildman–Crippen MR) is 78.6 cm³/mol. The van der Waals surface area contributed by atoms with Crippen LogP contribution in [0.1, 0.15) is 43.4 Å². The van der Waals surface area contributed by atoms with Crippen molar-refractivity contribution in [3.05, 3.63) is 17.0 Å². The summed E-state index contributed by atoms with van der Waals surface area (Å²) >= 11 is 1.25. The Hall–Kier alpha value is -0.430. The Kier molecular flexibility index (Phi) is 5.38. The minimum absolute atomic E-state index is 0.369. The van der Waals surface area contributed by atoms with E-state index in [1.165, 1.54) is 37.0 Å². The number of rotatable bonds is 7. The van der Waals surface area contributed by atoms with Gasteiger partial charge in [0.1, 0.15) is 4.21 Å². The van der Waals surface area contributed by atoms with E-state index in [1.807, 2.05) is 0 Å². The number of thiophene rings is 1. The zero-order valence-corrected chi connectivity index (χ0v) is 12.7. The maximum atomic E-state index is 12.0. The topological polar surface area (TPSA) is 72.2 Å². The summed E-state index contributed by atoms with van der Waals surface area (Å²) in [6.45, 7) is 0.927. The van der Waals surface area contributed by atoms with Crippen LogP contribution in [0.25, 0.3) is 0 Å². The lowest BCUT2D eigenvalue weighted by Crippen LogP contribution is -2.24. The lowest BCUT2D eigenvalue weighted by atomic mass is 10.0. The van der Waals surface area contributed by atoms with Gasteiger partial charge in [-0.05, 0) is 30.9 Å². The quantitative estimate of drug-likeness (QED) is 0.760. The van der Waals surface area contributed by atoms with E-state index in [0.717, 1.165) is 23.6 Å². The lowest BCUT2D eigenvalue weighted by Gasteiger charge is -2.09. The SMILES string of the molecule is NCc1ccc(S(=O)(=O)NCCCC2CCCC2)s1. The molecule has 2 rings (SSSR count). The van der Waals surface area contributed by atoms with Gasteiger partial charge in [-0.1, -0.05) is 25.7 Å². The summed E-state index contributed by atoms with van der Waals surface area (Å²) in [7, 11) is -3.33. The Morgan fingerprint density at radius 3 is 2.68 bits per heavy atom. The lowest BCUT2D eigenvalue weighted by molar-refractivity contribution is 0.480. The second-order valence-corrected chi connectivity index (χ2v) is 8.28. The first-order chi connectivity index (χ1) is 9.12. The highest BCUT2D eigenvalue weighted by Gasteiger charge is 2.17. The second-order valence-electron chi connectivity index (χ2n) is 5.12. The summed E-state index contributed by atoms with van der Waals surface area (Å²) < 4.78 is 27.1. The van der Waals surface area contributed by atoms with Crippen LogP contribution in [0.2, 0.25) is 0 Å². The highest BCUT2D eigenvalue weighted by Crippen LogP contribution is 2.28. The molecule has 1 aliphatic rings. The van der Waals surface area contributed by atoms with E-state index < -0.39 is 10.0 Å². The van der Waals surface area contributed by atoms with Crippen LogP contribution in [0.3, 0.4) is 0 Å². The minimum atomic E-state index is -3.33. The molecule has 0 unspecified atom stereocenters. The maximum Gasteiger partial charge on any atom is 0.250 e. The summed E-state index contributed by atoms with van der Waals surface area (Å²) in [5, 5.41) is 0. The minimum Gasteiger partial charge on any atom is -0.326 e. The summed E-state index contributed by atoms with van der Waals surface area (Å²) in [5.41, 5.74) is 5.49. The molecule has 0 aliphatic heterocycles. The molecule has 0 saturated heterocycles. The van der Waals surface area contributed by atoms with Crippen LogP contribution in [-0.4, -0.2) is 15.0 Å². The fourth-order valence-electron chi connectivity index (χ4n) is 2.58. The number of hydrogen-bond acceptors (Lipinski definition) is 4. The molecule has 0 atom stereocenters. The van der Waals surface area contributed by atoms with E-state index in [4.69, 9.17) is 5.73 Å². The van der Waals surface area contributed by atoms with Gasteiger partial charge >= 0.3 is 0 Å². The van der Waals surface area contributed by atoms with Crippen LogP contribution >= 0.6 is 11.3 Å². The third-order valence-electron chi connectivity index (χ3n) is 3.66. The number of hydrogen-bond donors (Lipinski definition) is 2. The molecule has 6 heteroatoms. The smallest absolute Gasteiger partial charge is 0.250 e. The highest BCUT2D eigenvalue weighted by atomic mass is 32.2. The summed E-state index contributed by atoms with van der Waals surface area (Å²) in [4.78, 5) is 0.895. The van der Waals surface area contributed by atoms with E-state index in [9.17, 15) is 8.42 Å². The van der Waals surface area contributed by atoms with Crippen molar-refractivity contribution in [2.75, 3.05) is 6.54 Å². The van der Waals surface area contributed by atoms with Gasteiger partial charge in [-0.15, -0.1) is 11.3 Å². The first-order valence-corrected chi connectivity index (χ1v) is 9.20. The van der Waals surface area contributed by atoms with Crippen molar-refractivity contribution in [3.63, 3.8) is 0 Å². The van der Waals surface area contributed by atoms with Crippen molar-refractivity contribution in [2.24, 2.45) is 11.7 Å². The number of nitrogens with one attached hydrogen (secondary N) is 1. The Balaban J connectivity index is 1.77. The van der Waals surface area contributed by atoms with Gasteiger partial charge in [0.05, 0.1) is 0 Å². The molecule has 1 aromatic rings. The normalized spacial score (nSPS) is 17.1. The van der Waals surface area contributed by atoms with Crippen molar-refractivity contribution in [3.8, 4) is 0 Å². The van der Waals surface area contributed by atoms with Crippen molar-refractivity contribution in [1.29, 1.82) is 0 Å². The standard InChI is InChI=1S/C13H22N2O2S2/c14-10-12-7-8-13(18-12)19(16,17)15-9-3-6-11-4-1-2-5-11/h7-8,11,15H,1-6,9-10,14H2. The van der Waals surface area contributed by atoms with Crippen LogP contribution in [0.4, 0.5) is 0 Å². The van der Waals surface area contributed by atoms with Gasteiger partial charge in [0.15, 0.2) is 0 Å². The average Bonchev–Trinajstić information content (AvgIpc) is 3.05. The van der Waals surface area contributed by atoms with Crippen LogP contribution in [0, 0.1) is 5.92 Å². The molecule has 1 fully saturated rings. The largest absolute Gasteiger partial charge is 0.326 e. The van der Waals surface area contributed by atoms with E-state index in [-0.39, 0.29) is 0 Å². The molecule has 0 spiro atoms. The van der Waals surface area contributed by atoms with Crippen LogP contribution in [0.5, 0.6) is 0 Å². The third kappa shape index (κ3) is 4.27. The number of sulfonamides is 1. The monoisotopic (exact) mass is 302 g/mol. The summed E-state index contributed by atoms with van der Waals surface area (Å²) in [6, 6.07) is 3.41. The molecule has 0 aromatic carbocycles. The maximum absolute atomic E-state index is 12.0. The molecule has 1 aromatic heterocycles. The van der Waals surface area contributed by atoms with Crippen molar-refractivity contribution >= 4 is 21.4 Å². The molecule has 0 bridgehead atoms. The van der Waals surface area contributed by atoms with E-state index in [2.05, 4.69) is 4.72 Å². The van der Waals surface area contributed by atoms with Crippen LogP contribution in [0.15, 0.2) is 16.3 Å². The molecule has 1 saturated carbocycles. The third-order valence-corrected chi connectivity index (χ3v) is 6.72. The molecule has 1 aliphatic carbocycles. The summed E-state index contributed by atoms with van der Waals surface area (Å²) in [6.07, 6.45) is 7.38. The Bertz CT molecular complexity index is 490. The molecule has 0 radical (unpaired) electrons. The van der Waals surface area contributed by atoms with E-state index in [0.29, 0.717) is 17.3 Å². The average molecular weight is 302 g/mol. The van der Waals surface area contributed by atoms with Gasteiger partial charge < -0.3 is 5.73 Å². The van der Waals surface area contributed by atoms with Crippen molar-refractivity contribution in [1.82, 2.24) is 4.72 Å². The Morgan fingerprint density at radius 2 is 2.05 bits per heavy atom. The molecule has 3 N–H and O–H groups in total. The van der Waals surface area contributed by atoms with Gasteiger partial charge in [0.25, 0.3) is 0 Å². The first kappa shape index (κ1) is 15.0. The fraction of sp³-hybridized carbons (Fsp3) is 0.692. The second kappa shape index (κ2) is 6.83. The Labute approximate surface area is 119 Å². The van der Waals surface area contributed by atoms with Gasteiger partial charge in [0.2, 0.25) is 10.0 Å². The highest BCUT2D eigenvalue weighted by molar-refractivity contribution is 7.91. The molecule has 19 heavy (non-hydrogen) atoms. The van der Waals surface area contributed by atoms with Crippen LogP contribution < -0.4 is 10.5 Å². The predicted octanol–water partition coefficient (Wildman–Crippen LogP) is 2.46. The number of nitrogens with two attached hydrogens (primary N) is 1. The molecular formula is C13H22N2O2S2. The van der Waals surface area contributed by atoms with E-state index in [1.54, 1.807) is 12.1 Å². The van der Waals surface area contributed by atoms with E-state index >= 15 is 0 Å². The van der Waals surface area contributed by atoms with Crippen LogP contribution in [-0.2, 0) is 16.6 Å². The zero-order chi connectivity index (χ0) is 13.7. The fourth-order valence-corrected chi connectivity index (χ4v) is 4.93. The molecular weight excluding hydrogens is 280 g/mol. The van der Waals surface area contributed by atoms with Gasteiger partial charge in [-0.2, -0.15) is 0 Å². The zero-order valence-electron chi connectivity index (χ0n) is 11.1. The molecule has 1 heterocycles. The Morgan fingerprint density at radius 1 is 1.32 bits per heavy atom. The van der Waals surface area contributed by atoms with Crippen molar-refractivity contribution < 1.29 is 8.42 Å².